The van der Waals surface area contributed by atoms with Crippen molar-refractivity contribution in [3.8, 4) is 5.75 Å². The molecule has 3 heteroatoms. The summed E-state index contributed by atoms with van der Waals surface area (Å²) in [6, 6.07) is 13.2. The minimum atomic E-state index is 0.110. The molecule has 0 saturated carbocycles. The molecule has 0 aliphatic rings. The summed E-state index contributed by atoms with van der Waals surface area (Å²) in [5.41, 5.74) is 14.5. The molecule has 92 valence electrons. The van der Waals surface area contributed by atoms with Gasteiger partial charge in [0.05, 0.1) is 5.69 Å². The average molecular weight is 240 g/mol. The van der Waals surface area contributed by atoms with E-state index in [0.717, 1.165) is 11.1 Å². The van der Waals surface area contributed by atoms with Crippen LogP contribution in [0.15, 0.2) is 42.5 Å². The third kappa shape index (κ3) is 2.52. The van der Waals surface area contributed by atoms with Crippen LogP contribution >= 0.6 is 0 Å². The predicted molar refractivity (Wildman–Crippen MR) is 75.8 cm³/mol. The first-order valence-electron chi connectivity index (χ1n) is 5.76. The van der Waals surface area contributed by atoms with E-state index in [2.05, 4.69) is 0 Å². The van der Waals surface area contributed by atoms with Crippen molar-refractivity contribution >= 4 is 17.8 Å². The van der Waals surface area contributed by atoms with Crippen LogP contribution in [0.4, 0.5) is 5.69 Å². The third-order valence-corrected chi connectivity index (χ3v) is 2.82. The molecule has 0 saturated heterocycles. The van der Waals surface area contributed by atoms with E-state index in [4.69, 9.17) is 11.5 Å². The van der Waals surface area contributed by atoms with Crippen LogP contribution in [0.3, 0.4) is 0 Å². The summed E-state index contributed by atoms with van der Waals surface area (Å²) in [5.74, 6) is 0.110. The fourth-order valence-corrected chi connectivity index (χ4v) is 1.78. The molecule has 0 aliphatic heterocycles. The van der Waals surface area contributed by atoms with E-state index in [1.807, 2.05) is 48.6 Å². The zero-order valence-electron chi connectivity index (χ0n) is 10.0. The largest absolute Gasteiger partial charge is 0.505 e. The number of rotatable bonds is 3. The average Bonchev–Trinajstić information content (AvgIpc) is 2.41. The summed E-state index contributed by atoms with van der Waals surface area (Å²) in [6.45, 7) is 0.490. The Balaban J connectivity index is 2.33. The monoisotopic (exact) mass is 240 g/mol. The van der Waals surface area contributed by atoms with Crippen LogP contribution in [0, 0.1) is 0 Å². The van der Waals surface area contributed by atoms with E-state index >= 15 is 0 Å². The lowest BCUT2D eigenvalue weighted by molar-refractivity contribution is 0.477. The van der Waals surface area contributed by atoms with Gasteiger partial charge in [-0.3, -0.25) is 0 Å². The number of para-hydroxylation sites is 1. The minimum Gasteiger partial charge on any atom is -0.505 e. The highest BCUT2D eigenvalue weighted by Gasteiger charge is 2.01. The predicted octanol–water partition coefficient (Wildman–Crippen LogP) is 2.60. The number of hydrogen-bond donors (Lipinski definition) is 3. The number of phenolic OH excluding ortho intramolecular Hbond substituents is 1. The topological polar surface area (TPSA) is 72.3 Å². The van der Waals surface area contributed by atoms with E-state index in [-0.39, 0.29) is 5.75 Å². The number of phenols is 1. The summed E-state index contributed by atoms with van der Waals surface area (Å²) in [6.07, 6.45) is 3.76. The van der Waals surface area contributed by atoms with Crippen molar-refractivity contribution in [2.24, 2.45) is 5.73 Å². The number of aromatic hydroxyl groups is 1. The fraction of sp³-hybridized carbons (Fsp3) is 0.0667. The quantitative estimate of drug-likeness (QED) is 0.438. The lowest BCUT2D eigenvalue weighted by atomic mass is 10.1. The molecule has 0 radical (unpaired) electrons. The minimum absolute atomic E-state index is 0.110. The summed E-state index contributed by atoms with van der Waals surface area (Å²) in [5, 5.41) is 9.80. The zero-order chi connectivity index (χ0) is 13.0. The van der Waals surface area contributed by atoms with E-state index < -0.39 is 0 Å². The van der Waals surface area contributed by atoms with Gasteiger partial charge in [-0.15, -0.1) is 0 Å². The molecule has 0 bridgehead atoms. The van der Waals surface area contributed by atoms with Crippen molar-refractivity contribution in [1.82, 2.24) is 0 Å². The molecular weight excluding hydrogens is 224 g/mol. The second kappa shape index (κ2) is 5.38. The van der Waals surface area contributed by atoms with E-state index in [0.29, 0.717) is 17.8 Å². The maximum atomic E-state index is 9.80. The summed E-state index contributed by atoms with van der Waals surface area (Å²) >= 11 is 0. The van der Waals surface area contributed by atoms with Gasteiger partial charge in [-0.05, 0) is 17.2 Å². The molecule has 3 nitrogen and oxygen atoms in total. The second-order valence-electron chi connectivity index (χ2n) is 4.02. The van der Waals surface area contributed by atoms with Gasteiger partial charge in [-0.25, -0.2) is 0 Å². The third-order valence-electron chi connectivity index (χ3n) is 2.82. The first-order valence-corrected chi connectivity index (χ1v) is 5.76. The Labute approximate surface area is 106 Å². The SMILES string of the molecule is NCc1ccccc1/C=C/c1cccc(N)c1O. The van der Waals surface area contributed by atoms with Crippen molar-refractivity contribution < 1.29 is 5.11 Å². The van der Waals surface area contributed by atoms with Gasteiger partial charge >= 0.3 is 0 Å². The van der Waals surface area contributed by atoms with Crippen LogP contribution in [-0.4, -0.2) is 5.11 Å². The number of anilines is 1. The first kappa shape index (κ1) is 12.2. The van der Waals surface area contributed by atoms with Crippen molar-refractivity contribution in [3.63, 3.8) is 0 Å². The van der Waals surface area contributed by atoms with Gasteiger partial charge in [0.15, 0.2) is 0 Å². The normalized spacial score (nSPS) is 10.9. The first-order chi connectivity index (χ1) is 8.72. The second-order valence-corrected chi connectivity index (χ2v) is 4.02. The molecule has 0 atom stereocenters. The lowest BCUT2D eigenvalue weighted by Gasteiger charge is -2.04. The van der Waals surface area contributed by atoms with Gasteiger partial charge in [-0.2, -0.15) is 0 Å². The number of benzene rings is 2. The maximum Gasteiger partial charge on any atom is 0.145 e. The molecule has 0 aromatic heterocycles. The Morgan fingerprint density at radius 3 is 2.39 bits per heavy atom. The highest BCUT2D eigenvalue weighted by Crippen LogP contribution is 2.26. The molecule has 0 aliphatic carbocycles. The molecule has 2 rings (SSSR count). The van der Waals surface area contributed by atoms with Gasteiger partial charge in [0.1, 0.15) is 5.75 Å². The van der Waals surface area contributed by atoms with E-state index in [9.17, 15) is 5.11 Å². The number of hydrogen-bond acceptors (Lipinski definition) is 3. The highest BCUT2D eigenvalue weighted by molar-refractivity contribution is 5.76. The fourth-order valence-electron chi connectivity index (χ4n) is 1.78. The van der Waals surface area contributed by atoms with Crippen molar-refractivity contribution in [2.45, 2.75) is 6.54 Å². The number of nitrogen functional groups attached to an aromatic ring is 1. The van der Waals surface area contributed by atoms with Crippen molar-refractivity contribution in [1.29, 1.82) is 0 Å². The van der Waals surface area contributed by atoms with Crippen LogP contribution < -0.4 is 11.5 Å². The Morgan fingerprint density at radius 2 is 1.61 bits per heavy atom. The van der Waals surface area contributed by atoms with Gasteiger partial charge < -0.3 is 16.6 Å². The van der Waals surface area contributed by atoms with Crippen LogP contribution in [0.1, 0.15) is 16.7 Å². The standard InChI is InChI=1S/C15H16N2O/c16-10-13-5-2-1-4-11(13)8-9-12-6-3-7-14(17)15(12)18/h1-9,18H,10,16-17H2/b9-8+. The molecule has 0 unspecified atom stereocenters. The molecule has 0 amide bonds. The molecule has 0 spiro atoms. The molecule has 5 N–H and O–H groups in total. The Kier molecular flexibility index (Phi) is 3.65. The van der Waals surface area contributed by atoms with E-state index in [1.54, 1.807) is 6.07 Å². The van der Waals surface area contributed by atoms with Gasteiger partial charge in [0.2, 0.25) is 0 Å². The van der Waals surface area contributed by atoms with Gasteiger partial charge in [0.25, 0.3) is 0 Å². The molecule has 18 heavy (non-hydrogen) atoms. The van der Waals surface area contributed by atoms with E-state index in [1.165, 1.54) is 0 Å². The number of nitrogens with two attached hydrogens (primary N) is 2. The smallest absolute Gasteiger partial charge is 0.145 e. The summed E-state index contributed by atoms with van der Waals surface area (Å²) < 4.78 is 0. The van der Waals surface area contributed by atoms with Gasteiger partial charge in [-0.1, -0.05) is 48.6 Å². The molecule has 0 fully saturated rings. The van der Waals surface area contributed by atoms with Crippen LogP contribution in [0.25, 0.3) is 12.2 Å². The summed E-state index contributed by atoms with van der Waals surface area (Å²) in [7, 11) is 0. The van der Waals surface area contributed by atoms with Gasteiger partial charge in [0, 0.05) is 12.1 Å². The molecule has 0 heterocycles. The molecule has 2 aromatic rings. The van der Waals surface area contributed by atoms with Crippen LogP contribution in [0.2, 0.25) is 0 Å². The Morgan fingerprint density at radius 1 is 0.944 bits per heavy atom. The highest BCUT2D eigenvalue weighted by atomic mass is 16.3. The van der Waals surface area contributed by atoms with Crippen LogP contribution in [0.5, 0.6) is 5.75 Å². The van der Waals surface area contributed by atoms with Crippen molar-refractivity contribution in [2.75, 3.05) is 5.73 Å². The maximum absolute atomic E-state index is 9.80. The summed E-state index contributed by atoms with van der Waals surface area (Å²) in [4.78, 5) is 0. The van der Waals surface area contributed by atoms with Crippen LogP contribution in [-0.2, 0) is 6.54 Å². The lowest BCUT2D eigenvalue weighted by Crippen LogP contribution is -1.98. The Hall–Kier alpha value is -2.26. The zero-order valence-corrected chi connectivity index (χ0v) is 10.0. The molecular formula is C15H16N2O. The Bertz CT molecular complexity index is 576. The van der Waals surface area contributed by atoms with Crippen molar-refractivity contribution in [3.05, 3.63) is 59.2 Å². The molecule has 2 aromatic carbocycles.